The number of rotatable bonds is 3. The van der Waals surface area contributed by atoms with Gasteiger partial charge in [-0.1, -0.05) is 6.07 Å². The summed E-state index contributed by atoms with van der Waals surface area (Å²) in [6.07, 6.45) is 0. The van der Waals surface area contributed by atoms with E-state index in [0.29, 0.717) is 0 Å². The van der Waals surface area contributed by atoms with Gasteiger partial charge in [0, 0.05) is 12.4 Å². The summed E-state index contributed by atoms with van der Waals surface area (Å²) in [5, 5.41) is 2.02. The van der Waals surface area contributed by atoms with Gasteiger partial charge in [0.15, 0.2) is 4.80 Å². The monoisotopic (exact) mass is 328 g/mol. The summed E-state index contributed by atoms with van der Waals surface area (Å²) in [5.74, 6) is 0.516. The third-order valence-electron chi connectivity index (χ3n) is 3.62. The number of thiazole rings is 1. The van der Waals surface area contributed by atoms with Crippen molar-refractivity contribution in [2.75, 3.05) is 7.11 Å². The van der Waals surface area contributed by atoms with Crippen molar-refractivity contribution in [2.24, 2.45) is 12.0 Å². The van der Waals surface area contributed by atoms with E-state index in [-0.39, 0.29) is 5.82 Å². The first-order valence-corrected chi connectivity index (χ1v) is 8.06. The fraction of sp³-hybridized carbons (Fsp3) is 0.167. The molecule has 2 aromatic carbocycles. The van der Waals surface area contributed by atoms with E-state index in [9.17, 15) is 4.39 Å². The van der Waals surface area contributed by atoms with Gasteiger partial charge in [-0.2, -0.15) is 0 Å². The predicted molar refractivity (Wildman–Crippen MR) is 91.6 cm³/mol. The largest absolute Gasteiger partial charge is 0.494 e. The maximum absolute atomic E-state index is 13.1. The second kappa shape index (κ2) is 6.38. The zero-order valence-electron chi connectivity index (χ0n) is 13.2. The molecule has 0 aliphatic carbocycles. The molecule has 0 aliphatic heterocycles. The van der Waals surface area contributed by atoms with E-state index in [1.807, 2.05) is 42.1 Å². The van der Waals surface area contributed by atoms with Gasteiger partial charge in [-0.3, -0.25) is 0 Å². The fourth-order valence-corrected chi connectivity index (χ4v) is 3.25. The third-order valence-corrected chi connectivity index (χ3v) is 4.53. The lowest BCUT2D eigenvalue weighted by atomic mass is 10.2. The second-order valence-corrected chi connectivity index (χ2v) is 6.09. The van der Waals surface area contributed by atoms with Crippen LogP contribution in [-0.2, 0) is 7.05 Å². The van der Waals surface area contributed by atoms with Gasteiger partial charge in [-0.25, -0.2) is 9.38 Å². The van der Waals surface area contributed by atoms with Crippen molar-refractivity contribution in [1.82, 2.24) is 4.57 Å². The number of hydrogen-bond acceptors (Lipinski definition) is 3. The van der Waals surface area contributed by atoms with Gasteiger partial charge in [0.1, 0.15) is 17.3 Å². The maximum Gasteiger partial charge on any atom is 0.190 e. The lowest BCUT2D eigenvalue weighted by molar-refractivity contribution is 0.415. The van der Waals surface area contributed by atoms with Crippen LogP contribution in [0.25, 0.3) is 11.3 Å². The first kappa shape index (κ1) is 15.5. The average Bonchev–Trinajstić information content (AvgIpc) is 2.91. The molecule has 3 rings (SSSR count). The van der Waals surface area contributed by atoms with E-state index in [2.05, 4.69) is 0 Å². The molecule has 118 valence electrons. The highest BCUT2D eigenvalue weighted by molar-refractivity contribution is 7.07. The molecule has 0 aliphatic rings. The molecule has 0 atom stereocenters. The number of nitrogens with zero attached hydrogens (tertiary/aromatic N) is 2. The van der Waals surface area contributed by atoms with Crippen LogP contribution in [0.4, 0.5) is 10.1 Å². The number of aromatic nitrogens is 1. The SMILES string of the molecule is COc1cc(C)ccc1N=c1scc(-c2ccc(F)cc2)n1C. The van der Waals surface area contributed by atoms with Crippen molar-refractivity contribution >= 4 is 17.0 Å². The molecule has 3 aromatic rings. The van der Waals surface area contributed by atoms with Crippen LogP contribution >= 0.6 is 11.3 Å². The normalized spacial score (nSPS) is 11.7. The quantitative estimate of drug-likeness (QED) is 0.698. The lowest BCUT2D eigenvalue weighted by Gasteiger charge is -2.05. The van der Waals surface area contributed by atoms with Crippen molar-refractivity contribution < 1.29 is 9.13 Å². The first-order valence-electron chi connectivity index (χ1n) is 7.18. The molecule has 0 saturated carbocycles. The topological polar surface area (TPSA) is 26.5 Å². The number of hydrogen-bond donors (Lipinski definition) is 0. The van der Waals surface area contributed by atoms with Gasteiger partial charge in [0.25, 0.3) is 0 Å². The molecule has 0 fully saturated rings. The predicted octanol–water partition coefficient (Wildman–Crippen LogP) is 4.44. The fourth-order valence-electron chi connectivity index (χ4n) is 2.33. The second-order valence-electron chi connectivity index (χ2n) is 5.26. The minimum atomic E-state index is -0.235. The molecule has 0 bridgehead atoms. The van der Waals surface area contributed by atoms with Crippen LogP contribution in [0.1, 0.15) is 5.56 Å². The smallest absolute Gasteiger partial charge is 0.190 e. The van der Waals surface area contributed by atoms with E-state index in [1.165, 1.54) is 12.1 Å². The van der Waals surface area contributed by atoms with Crippen LogP contribution < -0.4 is 9.54 Å². The summed E-state index contributed by atoms with van der Waals surface area (Å²) in [4.78, 5) is 5.55. The van der Waals surface area contributed by atoms with Gasteiger partial charge in [-0.05, 0) is 54.4 Å². The molecule has 0 radical (unpaired) electrons. The number of halogens is 1. The molecule has 0 saturated heterocycles. The molecular weight excluding hydrogens is 311 g/mol. The number of benzene rings is 2. The number of methoxy groups -OCH3 is 1. The van der Waals surface area contributed by atoms with Crippen LogP contribution in [-0.4, -0.2) is 11.7 Å². The Hall–Kier alpha value is -2.40. The van der Waals surface area contributed by atoms with Crippen molar-refractivity contribution in [3.63, 3.8) is 0 Å². The highest BCUT2D eigenvalue weighted by Gasteiger charge is 2.07. The van der Waals surface area contributed by atoms with E-state index in [4.69, 9.17) is 9.73 Å². The maximum atomic E-state index is 13.1. The number of aryl methyl sites for hydroxylation is 1. The Morgan fingerprint density at radius 3 is 2.57 bits per heavy atom. The minimum Gasteiger partial charge on any atom is -0.494 e. The molecule has 0 N–H and O–H groups in total. The van der Waals surface area contributed by atoms with Crippen LogP contribution in [0.5, 0.6) is 5.75 Å². The van der Waals surface area contributed by atoms with E-state index in [0.717, 1.165) is 33.1 Å². The summed E-state index contributed by atoms with van der Waals surface area (Å²) in [6.45, 7) is 2.02. The van der Waals surface area contributed by atoms with Crippen molar-refractivity contribution in [2.45, 2.75) is 6.92 Å². The molecule has 1 aromatic heterocycles. The third kappa shape index (κ3) is 3.19. The van der Waals surface area contributed by atoms with Crippen molar-refractivity contribution in [1.29, 1.82) is 0 Å². The summed E-state index contributed by atoms with van der Waals surface area (Å²) >= 11 is 1.54. The summed E-state index contributed by atoms with van der Waals surface area (Å²) < 4.78 is 20.5. The highest BCUT2D eigenvalue weighted by atomic mass is 32.1. The molecule has 0 amide bonds. The molecule has 0 unspecified atom stereocenters. The van der Waals surface area contributed by atoms with E-state index >= 15 is 0 Å². The lowest BCUT2D eigenvalue weighted by Crippen LogP contribution is -2.11. The van der Waals surface area contributed by atoms with Crippen LogP contribution in [0.15, 0.2) is 52.8 Å². The van der Waals surface area contributed by atoms with Crippen LogP contribution in [0.2, 0.25) is 0 Å². The van der Waals surface area contributed by atoms with E-state index < -0.39 is 0 Å². The van der Waals surface area contributed by atoms with Gasteiger partial charge in [0.05, 0.1) is 12.8 Å². The van der Waals surface area contributed by atoms with Crippen LogP contribution in [0.3, 0.4) is 0 Å². The van der Waals surface area contributed by atoms with Gasteiger partial charge in [-0.15, -0.1) is 11.3 Å². The molecule has 1 heterocycles. The summed E-state index contributed by atoms with van der Waals surface area (Å²) in [6, 6.07) is 12.4. The zero-order valence-corrected chi connectivity index (χ0v) is 14.0. The van der Waals surface area contributed by atoms with Crippen LogP contribution in [0, 0.1) is 12.7 Å². The summed E-state index contributed by atoms with van der Waals surface area (Å²) in [5.41, 5.74) is 3.88. The number of ether oxygens (including phenoxy) is 1. The Balaban J connectivity index is 2.07. The molecular formula is C18H17FN2OS. The molecule has 5 heteroatoms. The molecule has 3 nitrogen and oxygen atoms in total. The van der Waals surface area contributed by atoms with Gasteiger partial charge in [0.2, 0.25) is 0 Å². The van der Waals surface area contributed by atoms with Gasteiger partial charge >= 0.3 is 0 Å². The standard InChI is InChI=1S/C18H17FN2OS/c1-12-4-9-15(17(10-12)22-3)20-18-21(2)16(11-23-18)13-5-7-14(19)8-6-13/h4-11H,1-3H3. The summed E-state index contributed by atoms with van der Waals surface area (Å²) in [7, 11) is 3.60. The first-order chi connectivity index (χ1) is 11.1. The van der Waals surface area contributed by atoms with Gasteiger partial charge < -0.3 is 9.30 Å². The Kier molecular flexibility index (Phi) is 4.30. The van der Waals surface area contributed by atoms with Crippen molar-refractivity contribution in [3.8, 4) is 17.0 Å². The van der Waals surface area contributed by atoms with Crippen molar-refractivity contribution in [3.05, 3.63) is 64.0 Å². The Morgan fingerprint density at radius 1 is 1.13 bits per heavy atom. The molecule has 23 heavy (non-hydrogen) atoms. The Bertz CT molecular complexity index is 894. The minimum absolute atomic E-state index is 0.235. The molecule has 0 spiro atoms. The zero-order chi connectivity index (χ0) is 16.4. The highest BCUT2D eigenvalue weighted by Crippen LogP contribution is 2.28. The Morgan fingerprint density at radius 2 is 1.87 bits per heavy atom. The van der Waals surface area contributed by atoms with E-state index in [1.54, 1.807) is 30.6 Å². The average molecular weight is 328 g/mol. The Labute approximate surface area is 138 Å².